The summed E-state index contributed by atoms with van der Waals surface area (Å²) < 4.78 is 0. The summed E-state index contributed by atoms with van der Waals surface area (Å²) in [5.74, 6) is 0.712. The minimum Gasteiger partial charge on any atom is -0.378 e. The molecule has 0 saturated heterocycles. The lowest BCUT2D eigenvalue weighted by molar-refractivity contribution is -0.132. The number of carbonyl (C=O) groups excluding carboxylic acids is 1. The second-order valence-electron chi connectivity index (χ2n) is 6.27. The molecule has 0 aliphatic carbocycles. The predicted molar refractivity (Wildman–Crippen MR) is 86.2 cm³/mol. The van der Waals surface area contributed by atoms with Crippen molar-refractivity contribution in [3.8, 4) is 0 Å². The van der Waals surface area contributed by atoms with Gasteiger partial charge in [0.1, 0.15) is 0 Å². The number of benzene rings is 1. The third-order valence-corrected chi connectivity index (χ3v) is 3.31. The number of hydrogen-bond acceptors (Lipinski definition) is 2. The second kappa shape index (κ2) is 7.32. The molecule has 1 amide bonds. The molecule has 0 radical (unpaired) electrons. The van der Waals surface area contributed by atoms with Gasteiger partial charge in [0.15, 0.2) is 0 Å². The van der Waals surface area contributed by atoms with Crippen LogP contribution in [0.2, 0.25) is 0 Å². The summed E-state index contributed by atoms with van der Waals surface area (Å²) in [6.07, 6.45) is 0.485. The summed E-state index contributed by atoms with van der Waals surface area (Å²) in [7, 11) is 4.03. The van der Waals surface area contributed by atoms with Gasteiger partial charge < -0.3 is 9.80 Å². The molecule has 1 aromatic carbocycles. The van der Waals surface area contributed by atoms with E-state index in [1.54, 1.807) is 0 Å². The average Bonchev–Trinajstić information content (AvgIpc) is 2.35. The van der Waals surface area contributed by atoms with Crippen LogP contribution in [0.3, 0.4) is 0 Å². The minimum atomic E-state index is 0.214. The van der Waals surface area contributed by atoms with Crippen LogP contribution in [0.1, 0.15) is 33.3 Å². The van der Waals surface area contributed by atoms with E-state index in [0.717, 1.165) is 17.8 Å². The minimum absolute atomic E-state index is 0.214. The molecule has 1 rings (SSSR count). The summed E-state index contributed by atoms with van der Waals surface area (Å²) in [5, 5.41) is 0. The van der Waals surface area contributed by atoms with Crippen LogP contribution < -0.4 is 4.90 Å². The van der Waals surface area contributed by atoms with Crippen LogP contribution in [0.5, 0.6) is 0 Å². The van der Waals surface area contributed by atoms with Crippen molar-refractivity contribution in [3.63, 3.8) is 0 Å². The Hall–Kier alpha value is -1.51. The van der Waals surface area contributed by atoms with Crippen molar-refractivity contribution in [3.05, 3.63) is 29.8 Å². The first-order chi connectivity index (χ1) is 9.31. The number of hydrogen-bond donors (Lipinski definition) is 0. The van der Waals surface area contributed by atoms with E-state index in [-0.39, 0.29) is 11.9 Å². The van der Waals surface area contributed by atoms with E-state index in [2.05, 4.69) is 44.7 Å². The summed E-state index contributed by atoms with van der Waals surface area (Å²) in [6, 6.07) is 8.46. The molecule has 0 aliphatic heterocycles. The van der Waals surface area contributed by atoms with Crippen LogP contribution >= 0.6 is 0 Å². The Morgan fingerprint density at radius 1 is 1.05 bits per heavy atom. The zero-order valence-electron chi connectivity index (χ0n) is 13.7. The third-order valence-electron chi connectivity index (χ3n) is 3.31. The normalized spacial score (nSPS) is 11.0. The maximum Gasteiger partial charge on any atom is 0.227 e. The summed E-state index contributed by atoms with van der Waals surface area (Å²) in [5.41, 5.74) is 2.24. The highest BCUT2D eigenvalue weighted by Gasteiger charge is 2.18. The van der Waals surface area contributed by atoms with Crippen molar-refractivity contribution in [2.75, 3.05) is 25.5 Å². The van der Waals surface area contributed by atoms with Gasteiger partial charge in [-0.2, -0.15) is 0 Å². The Kier molecular flexibility index (Phi) is 6.05. The van der Waals surface area contributed by atoms with E-state index in [1.165, 1.54) is 0 Å². The van der Waals surface area contributed by atoms with Crippen molar-refractivity contribution in [2.24, 2.45) is 5.92 Å². The topological polar surface area (TPSA) is 23.6 Å². The van der Waals surface area contributed by atoms with Gasteiger partial charge in [0.2, 0.25) is 5.91 Å². The first kappa shape index (κ1) is 16.5. The maximum absolute atomic E-state index is 12.4. The van der Waals surface area contributed by atoms with Crippen molar-refractivity contribution in [2.45, 2.75) is 40.2 Å². The molecular formula is C17H28N2O. The molecule has 0 heterocycles. The van der Waals surface area contributed by atoms with Gasteiger partial charge in [0.05, 0.1) is 6.42 Å². The molecule has 0 N–H and O–H groups in total. The number of nitrogens with zero attached hydrogens (tertiary/aromatic N) is 2. The summed E-state index contributed by atoms with van der Waals surface area (Å²) in [4.78, 5) is 16.5. The van der Waals surface area contributed by atoms with E-state index >= 15 is 0 Å². The summed E-state index contributed by atoms with van der Waals surface area (Å²) >= 11 is 0. The highest BCUT2D eigenvalue weighted by atomic mass is 16.2. The zero-order valence-corrected chi connectivity index (χ0v) is 13.7. The van der Waals surface area contributed by atoms with Crippen LogP contribution in [-0.2, 0) is 11.2 Å². The van der Waals surface area contributed by atoms with Gasteiger partial charge in [0, 0.05) is 32.4 Å². The van der Waals surface area contributed by atoms with Gasteiger partial charge in [-0.05, 0) is 37.5 Å². The highest BCUT2D eigenvalue weighted by molar-refractivity contribution is 5.79. The molecule has 0 spiro atoms. The first-order valence-electron chi connectivity index (χ1n) is 7.37. The molecule has 0 unspecified atom stereocenters. The van der Waals surface area contributed by atoms with Crippen LogP contribution in [0.15, 0.2) is 24.3 Å². The molecule has 3 nitrogen and oxygen atoms in total. The van der Waals surface area contributed by atoms with Gasteiger partial charge in [-0.25, -0.2) is 0 Å². The molecule has 0 aromatic heterocycles. The molecule has 3 heteroatoms. The Morgan fingerprint density at radius 3 is 2.00 bits per heavy atom. The van der Waals surface area contributed by atoms with Crippen LogP contribution in [0.25, 0.3) is 0 Å². The lowest BCUT2D eigenvalue weighted by atomic mass is 10.1. The molecule has 0 saturated carbocycles. The van der Waals surface area contributed by atoms with Gasteiger partial charge >= 0.3 is 0 Å². The zero-order chi connectivity index (χ0) is 15.3. The number of rotatable bonds is 6. The lowest BCUT2D eigenvalue weighted by Crippen LogP contribution is -2.40. The fraction of sp³-hybridized carbons (Fsp3) is 0.588. The monoisotopic (exact) mass is 276 g/mol. The van der Waals surface area contributed by atoms with Gasteiger partial charge in [-0.3, -0.25) is 4.79 Å². The molecule has 0 aliphatic rings. The predicted octanol–water partition coefficient (Wildman–Crippen LogP) is 3.19. The number of carbonyl (C=O) groups is 1. The molecule has 0 fully saturated rings. The summed E-state index contributed by atoms with van der Waals surface area (Å²) in [6.45, 7) is 9.28. The molecule has 112 valence electrons. The Balaban J connectivity index is 2.72. The Bertz CT molecular complexity index is 421. The van der Waals surface area contributed by atoms with Gasteiger partial charge in [0.25, 0.3) is 0 Å². The molecule has 1 aromatic rings. The van der Waals surface area contributed by atoms with E-state index in [0.29, 0.717) is 12.3 Å². The molecule has 0 bridgehead atoms. The second-order valence-corrected chi connectivity index (χ2v) is 6.27. The maximum atomic E-state index is 12.4. The first-order valence-corrected chi connectivity index (χ1v) is 7.37. The van der Waals surface area contributed by atoms with Crippen molar-refractivity contribution >= 4 is 11.6 Å². The molecule has 0 atom stereocenters. The van der Waals surface area contributed by atoms with Crippen molar-refractivity contribution in [1.82, 2.24) is 4.90 Å². The average molecular weight is 276 g/mol. The quantitative estimate of drug-likeness (QED) is 0.796. The van der Waals surface area contributed by atoms with Crippen LogP contribution in [-0.4, -0.2) is 37.5 Å². The fourth-order valence-electron chi connectivity index (χ4n) is 2.18. The number of amides is 1. The fourth-order valence-corrected chi connectivity index (χ4v) is 2.18. The Labute approximate surface area is 123 Å². The Morgan fingerprint density at radius 2 is 1.60 bits per heavy atom. The largest absolute Gasteiger partial charge is 0.378 e. The lowest BCUT2D eigenvalue weighted by Gasteiger charge is -2.28. The van der Waals surface area contributed by atoms with E-state index in [4.69, 9.17) is 0 Å². The van der Waals surface area contributed by atoms with Gasteiger partial charge in [-0.1, -0.05) is 26.0 Å². The van der Waals surface area contributed by atoms with E-state index in [9.17, 15) is 4.79 Å². The SMILES string of the molecule is CC(C)CN(C(=O)Cc1ccc(N(C)C)cc1)C(C)C. The smallest absolute Gasteiger partial charge is 0.227 e. The van der Waals surface area contributed by atoms with Crippen molar-refractivity contribution < 1.29 is 4.79 Å². The molecular weight excluding hydrogens is 248 g/mol. The van der Waals surface area contributed by atoms with Crippen molar-refractivity contribution in [1.29, 1.82) is 0 Å². The van der Waals surface area contributed by atoms with Crippen LogP contribution in [0.4, 0.5) is 5.69 Å². The highest BCUT2D eigenvalue weighted by Crippen LogP contribution is 2.14. The van der Waals surface area contributed by atoms with Gasteiger partial charge in [-0.15, -0.1) is 0 Å². The van der Waals surface area contributed by atoms with E-state index < -0.39 is 0 Å². The standard InChI is InChI=1S/C17H28N2O/c1-13(2)12-19(14(3)4)17(20)11-15-7-9-16(10-8-15)18(5)6/h7-10,13-14H,11-12H2,1-6H3. The third kappa shape index (κ3) is 4.87. The van der Waals surface area contributed by atoms with Crippen LogP contribution in [0, 0.1) is 5.92 Å². The van der Waals surface area contributed by atoms with E-state index in [1.807, 2.05) is 31.1 Å². The number of anilines is 1. The molecule has 20 heavy (non-hydrogen) atoms.